The highest BCUT2D eigenvalue weighted by Gasteiger charge is 2.09. The summed E-state index contributed by atoms with van der Waals surface area (Å²) in [6.07, 6.45) is 3.94. The molecule has 0 aliphatic rings. The molecule has 0 saturated carbocycles. The summed E-state index contributed by atoms with van der Waals surface area (Å²) in [5.41, 5.74) is 1.48. The zero-order valence-corrected chi connectivity index (χ0v) is 11.3. The minimum Gasteiger partial charge on any atom is -0.423 e. The van der Waals surface area contributed by atoms with Gasteiger partial charge in [0.25, 0.3) is 0 Å². The first-order valence-corrected chi connectivity index (χ1v) is 6.26. The van der Waals surface area contributed by atoms with Gasteiger partial charge in [0.15, 0.2) is 0 Å². The molecule has 1 heterocycles. The largest absolute Gasteiger partial charge is 0.423 e. The third kappa shape index (κ3) is 3.54. The Labute approximate surface area is 121 Å². The van der Waals surface area contributed by atoms with Gasteiger partial charge in [-0.25, -0.2) is 4.79 Å². The van der Waals surface area contributed by atoms with Crippen molar-refractivity contribution < 1.29 is 14.3 Å². The number of carbonyl (C=O) groups is 2. The highest BCUT2D eigenvalue weighted by atomic mass is 16.5. The molecule has 0 aliphatic carbocycles. The molecule has 2 rings (SSSR count). The number of benzene rings is 1. The molecule has 0 bridgehead atoms. The Morgan fingerprint density at radius 3 is 2.81 bits per heavy atom. The summed E-state index contributed by atoms with van der Waals surface area (Å²) < 4.78 is 5.13. The third-order valence-corrected chi connectivity index (χ3v) is 2.78. The molecule has 21 heavy (non-hydrogen) atoms. The Hall–Kier alpha value is -2.95. The van der Waals surface area contributed by atoms with Crippen molar-refractivity contribution in [2.45, 2.75) is 6.54 Å². The molecular weight excluding hydrogens is 268 g/mol. The van der Waals surface area contributed by atoms with Crippen LogP contribution in [0.4, 0.5) is 0 Å². The molecule has 0 fully saturated rings. The number of aromatic nitrogens is 1. The fraction of sp³-hybridized carbons (Fsp3) is 0.0625. The van der Waals surface area contributed by atoms with Crippen LogP contribution in [0.1, 0.15) is 5.56 Å². The summed E-state index contributed by atoms with van der Waals surface area (Å²) in [7, 11) is 0. The molecule has 1 aromatic heterocycles. The second-order valence-corrected chi connectivity index (χ2v) is 4.20. The van der Waals surface area contributed by atoms with E-state index in [1.54, 1.807) is 24.4 Å². The Kier molecular flexibility index (Phi) is 4.46. The van der Waals surface area contributed by atoms with E-state index in [4.69, 9.17) is 4.74 Å². The molecule has 5 nitrogen and oxygen atoms in total. The van der Waals surface area contributed by atoms with E-state index in [1.165, 1.54) is 6.08 Å². The monoisotopic (exact) mass is 282 g/mol. The Morgan fingerprint density at radius 1 is 1.29 bits per heavy atom. The number of carbonyl (C=O) groups excluding carboxylic acids is 2. The molecule has 0 radical (unpaired) electrons. The van der Waals surface area contributed by atoms with E-state index < -0.39 is 5.97 Å². The molecule has 0 unspecified atom stereocenters. The molecule has 5 heteroatoms. The summed E-state index contributed by atoms with van der Waals surface area (Å²) in [4.78, 5) is 26.9. The van der Waals surface area contributed by atoms with E-state index in [9.17, 15) is 9.59 Å². The van der Waals surface area contributed by atoms with Gasteiger partial charge in [-0.05, 0) is 24.3 Å². The van der Waals surface area contributed by atoms with Crippen molar-refractivity contribution >= 4 is 22.8 Å². The van der Waals surface area contributed by atoms with E-state index in [2.05, 4.69) is 23.5 Å². The molecule has 0 atom stereocenters. The van der Waals surface area contributed by atoms with Gasteiger partial charge in [0, 0.05) is 29.8 Å². The van der Waals surface area contributed by atoms with Crippen LogP contribution < -0.4 is 10.1 Å². The lowest BCUT2D eigenvalue weighted by Crippen LogP contribution is -2.20. The van der Waals surface area contributed by atoms with Crippen LogP contribution in [0.5, 0.6) is 5.75 Å². The number of ether oxygens (including phenoxy) is 1. The summed E-state index contributed by atoms with van der Waals surface area (Å²) >= 11 is 0. The zero-order valence-electron chi connectivity index (χ0n) is 11.3. The molecule has 1 amide bonds. The SMILES string of the molecule is C=CC(=O)NCc1cc(OC(=O)C=C)cc2cccnc12. The van der Waals surface area contributed by atoms with Gasteiger partial charge in [0.2, 0.25) is 5.91 Å². The lowest BCUT2D eigenvalue weighted by Gasteiger charge is -2.09. The number of esters is 1. The second kappa shape index (κ2) is 6.47. The van der Waals surface area contributed by atoms with Crippen LogP contribution in [0, 0.1) is 0 Å². The van der Waals surface area contributed by atoms with E-state index >= 15 is 0 Å². The Morgan fingerprint density at radius 2 is 2.10 bits per heavy atom. The average molecular weight is 282 g/mol. The number of nitrogens with zero attached hydrogens (tertiary/aromatic N) is 1. The molecule has 0 saturated heterocycles. The van der Waals surface area contributed by atoms with E-state index in [0.717, 1.165) is 22.5 Å². The van der Waals surface area contributed by atoms with Crippen molar-refractivity contribution in [3.8, 4) is 5.75 Å². The van der Waals surface area contributed by atoms with Crippen molar-refractivity contribution in [1.29, 1.82) is 0 Å². The average Bonchev–Trinajstić information content (AvgIpc) is 2.52. The summed E-state index contributed by atoms with van der Waals surface area (Å²) in [6, 6.07) is 7.02. The number of hydrogen-bond acceptors (Lipinski definition) is 4. The quantitative estimate of drug-likeness (QED) is 0.518. The minimum atomic E-state index is -0.542. The van der Waals surface area contributed by atoms with Crippen molar-refractivity contribution in [2.24, 2.45) is 0 Å². The highest BCUT2D eigenvalue weighted by molar-refractivity contribution is 5.89. The minimum absolute atomic E-state index is 0.262. The van der Waals surface area contributed by atoms with Crippen LogP contribution in [-0.2, 0) is 16.1 Å². The first kappa shape index (κ1) is 14.5. The van der Waals surface area contributed by atoms with Crippen LogP contribution in [0.25, 0.3) is 10.9 Å². The fourth-order valence-electron chi connectivity index (χ4n) is 1.84. The Bertz CT molecular complexity index is 723. The maximum Gasteiger partial charge on any atom is 0.335 e. The van der Waals surface area contributed by atoms with Gasteiger partial charge in [-0.3, -0.25) is 9.78 Å². The summed E-state index contributed by atoms with van der Waals surface area (Å²) in [5.74, 6) is -0.449. The molecule has 1 N–H and O–H groups in total. The van der Waals surface area contributed by atoms with Gasteiger partial charge in [0.05, 0.1) is 5.52 Å². The summed E-state index contributed by atoms with van der Waals surface area (Å²) in [5, 5.41) is 3.49. The predicted octanol–water partition coefficient (Wildman–Crippen LogP) is 2.13. The molecule has 0 aliphatic heterocycles. The third-order valence-electron chi connectivity index (χ3n) is 2.78. The lowest BCUT2D eigenvalue weighted by molar-refractivity contribution is -0.129. The normalized spacial score (nSPS) is 9.90. The molecule has 0 spiro atoms. The van der Waals surface area contributed by atoms with E-state index in [1.807, 2.05) is 6.07 Å². The maximum absolute atomic E-state index is 11.3. The van der Waals surface area contributed by atoms with Crippen molar-refractivity contribution in [3.63, 3.8) is 0 Å². The maximum atomic E-state index is 11.3. The number of pyridine rings is 1. The van der Waals surface area contributed by atoms with E-state index in [0.29, 0.717) is 5.75 Å². The molecular formula is C16H14N2O3. The first-order chi connectivity index (χ1) is 10.1. The van der Waals surface area contributed by atoms with Gasteiger partial charge < -0.3 is 10.1 Å². The summed E-state index contributed by atoms with van der Waals surface area (Å²) in [6.45, 7) is 7.01. The van der Waals surface area contributed by atoms with Crippen molar-refractivity contribution in [1.82, 2.24) is 10.3 Å². The highest BCUT2D eigenvalue weighted by Crippen LogP contribution is 2.24. The second-order valence-electron chi connectivity index (χ2n) is 4.20. The lowest BCUT2D eigenvalue weighted by atomic mass is 10.1. The molecule has 2 aromatic rings. The molecule has 106 valence electrons. The van der Waals surface area contributed by atoms with Gasteiger partial charge in [-0.1, -0.05) is 19.2 Å². The zero-order chi connectivity index (χ0) is 15.2. The van der Waals surface area contributed by atoms with Crippen molar-refractivity contribution in [2.75, 3.05) is 0 Å². The standard InChI is InChI=1S/C16H14N2O3/c1-3-14(19)18-10-12-9-13(21-15(20)4-2)8-11-6-5-7-17-16(11)12/h3-9H,1-2,10H2,(H,18,19). The van der Waals surface area contributed by atoms with Crippen LogP contribution in [0.15, 0.2) is 55.8 Å². The van der Waals surface area contributed by atoms with Gasteiger partial charge >= 0.3 is 5.97 Å². The van der Waals surface area contributed by atoms with Crippen LogP contribution in [-0.4, -0.2) is 16.9 Å². The number of fused-ring (bicyclic) bond motifs is 1. The van der Waals surface area contributed by atoms with Crippen LogP contribution in [0.2, 0.25) is 0 Å². The fourth-order valence-corrected chi connectivity index (χ4v) is 1.84. The molecule has 1 aromatic carbocycles. The van der Waals surface area contributed by atoms with Gasteiger partial charge in [-0.2, -0.15) is 0 Å². The predicted molar refractivity (Wildman–Crippen MR) is 79.6 cm³/mol. The number of hydrogen-bond donors (Lipinski definition) is 1. The number of nitrogens with one attached hydrogen (secondary N) is 1. The van der Waals surface area contributed by atoms with Crippen molar-refractivity contribution in [3.05, 3.63) is 61.3 Å². The van der Waals surface area contributed by atoms with Crippen LogP contribution in [0.3, 0.4) is 0 Å². The number of rotatable bonds is 5. The topological polar surface area (TPSA) is 68.3 Å². The Balaban J connectivity index is 2.39. The van der Waals surface area contributed by atoms with E-state index in [-0.39, 0.29) is 12.5 Å². The van der Waals surface area contributed by atoms with Gasteiger partial charge in [-0.15, -0.1) is 0 Å². The first-order valence-electron chi connectivity index (χ1n) is 6.26. The number of amides is 1. The van der Waals surface area contributed by atoms with Gasteiger partial charge in [0.1, 0.15) is 5.75 Å². The smallest absolute Gasteiger partial charge is 0.335 e. The van der Waals surface area contributed by atoms with Crippen LogP contribution >= 0.6 is 0 Å².